The molecule has 96 valence electrons. The highest BCUT2D eigenvalue weighted by molar-refractivity contribution is 5.14. The Hall–Kier alpha value is -0.820. The van der Waals surface area contributed by atoms with Crippen molar-refractivity contribution in [1.29, 1.82) is 0 Å². The molecule has 0 amide bonds. The maximum Gasteiger partial charge on any atom is 0.0207 e. The van der Waals surface area contributed by atoms with Crippen molar-refractivity contribution in [3.8, 4) is 0 Å². The van der Waals surface area contributed by atoms with Gasteiger partial charge in [-0.2, -0.15) is 0 Å². The zero-order valence-corrected chi connectivity index (χ0v) is 11.6. The van der Waals surface area contributed by atoms with Crippen molar-refractivity contribution in [3.63, 3.8) is 0 Å². The molecule has 0 radical (unpaired) electrons. The second-order valence-corrected chi connectivity index (χ2v) is 5.21. The molecule has 1 N–H and O–H groups in total. The number of hydrogen-bond donors (Lipinski definition) is 1. The van der Waals surface area contributed by atoms with Gasteiger partial charge in [0.15, 0.2) is 0 Å². The third-order valence-electron chi connectivity index (χ3n) is 3.53. The lowest BCUT2D eigenvalue weighted by molar-refractivity contribution is 0.436. The van der Waals surface area contributed by atoms with Crippen LogP contribution >= 0.6 is 0 Å². The Bertz CT molecular complexity index is 281. The number of rotatable bonds is 8. The number of hydrogen-bond acceptors (Lipinski definition) is 1. The Morgan fingerprint density at radius 1 is 1.06 bits per heavy atom. The van der Waals surface area contributed by atoms with Crippen LogP contribution < -0.4 is 5.32 Å². The molecule has 0 fully saturated rings. The Kier molecular flexibility index (Phi) is 6.95. The van der Waals surface area contributed by atoms with Crippen LogP contribution in [0.4, 0.5) is 0 Å². The van der Waals surface area contributed by atoms with E-state index in [4.69, 9.17) is 0 Å². The molecule has 1 nitrogen and oxygen atoms in total. The highest BCUT2D eigenvalue weighted by Gasteiger charge is 2.03. The minimum Gasteiger partial charge on any atom is -0.310 e. The quantitative estimate of drug-likeness (QED) is 0.702. The molecule has 1 heteroatoms. The molecule has 1 aromatic rings. The predicted molar refractivity (Wildman–Crippen MR) is 76.0 cm³/mol. The molecule has 0 spiro atoms. The minimum atomic E-state index is 0.624. The zero-order valence-electron chi connectivity index (χ0n) is 11.6. The number of nitrogens with one attached hydrogen (secondary N) is 1. The maximum atomic E-state index is 3.59. The molecule has 0 heterocycles. The molecule has 0 aromatic heterocycles. The van der Waals surface area contributed by atoms with E-state index in [1.807, 2.05) is 0 Å². The summed E-state index contributed by atoms with van der Waals surface area (Å²) in [5.74, 6) is 0.885. The summed E-state index contributed by atoms with van der Waals surface area (Å²) in [5, 5.41) is 3.59. The fourth-order valence-corrected chi connectivity index (χ4v) is 1.97. The standard InChI is InChI=1S/C16H27N/c1-4-14(2)9-8-10-15(3)17-13-16-11-6-5-7-12-16/h5-7,11-12,14-15,17H,4,8-10,13H2,1-3H3. The van der Waals surface area contributed by atoms with Gasteiger partial charge in [-0.15, -0.1) is 0 Å². The van der Waals surface area contributed by atoms with Gasteiger partial charge < -0.3 is 5.32 Å². The van der Waals surface area contributed by atoms with E-state index in [0.29, 0.717) is 6.04 Å². The van der Waals surface area contributed by atoms with E-state index in [-0.39, 0.29) is 0 Å². The van der Waals surface area contributed by atoms with Crippen molar-refractivity contribution in [2.75, 3.05) is 0 Å². The van der Waals surface area contributed by atoms with Gasteiger partial charge in [-0.05, 0) is 24.8 Å². The molecule has 0 aliphatic carbocycles. The van der Waals surface area contributed by atoms with E-state index in [1.54, 1.807) is 0 Å². The first-order chi connectivity index (χ1) is 8.22. The van der Waals surface area contributed by atoms with Gasteiger partial charge in [0, 0.05) is 12.6 Å². The van der Waals surface area contributed by atoms with E-state index >= 15 is 0 Å². The van der Waals surface area contributed by atoms with E-state index in [9.17, 15) is 0 Å². The van der Waals surface area contributed by atoms with E-state index in [2.05, 4.69) is 56.4 Å². The molecule has 1 aromatic carbocycles. The largest absolute Gasteiger partial charge is 0.310 e. The molecule has 17 heavy (non-hydrogen) atoms. The second kappa shape index (κ2) is 8.30. The highest BCUT2D eigenvalue weighted by atomic mass is 14.9. The van der Waals surface area contributed by atoms with Crippen LogP contribution in [-0.2, 0) is 6.54 Å². The van der Waals surface area contributed by atoms with Gasteiger partial charge in [-0.1, -0.05) is 63.4 Å². The topological polar surface area (TPSA) is 12.0 Å². The third kappa shape index (κ3) is 6.48. The van der Waals surface area contributed by atoms with E-state index in [0.717, 1.165) is 12.5 Å². The van der Waals surface area contributed by atoms with Crippen LogP contribution in [0.3, 0.4) is 0 Å². The van der Waals surface area contributed by atoms with Crippen molar-refractivity contribution in [2.45, 2.75) is 59.0 Å². The zero-order chi connectivity index (χ0) is 12.5. The monoisotopic (exact) mass is 233 g/mol. The Labute approximate surface area is 107 Å². The molecule has 1 rings (SSSR count). The smallest absolute Gasteiger partial charge is 0.0207 e. The normalized spacial score (nSPS) is 14.5. The lowest BCUT2D eigenvalue weighted by Crippen LogP contribution is -2.25. The first kappa shape index (κ1) is 14.2. The van der Waals surface area contributed by atoms with Crippen LogP contribution in [0.15, 0.2) is 30.3 Å². The molecule has 0 aliphatic heterocycles. The molecule has 0 bridgehead atoms. The summed E-state index contributed by atoms with van der Waals surface area (Å²) >= 11 is 0. The predicted octanol–water partition coefficient (Wildman–Crippen LogP) is 4.38. The van der Waals surface area contributed by atoms with Crippen molar-refractivity contribution >= 4 is 0 Å². The average molecular weight is 233 g/mol. The second-order valence-electron chi connectivity index (χ2n) is 5.21. The summed E-state index contributed by atoms with van der Waals surface area (Å²) in [5.41, 5.74) is 1.38. The summed E-state index contributed by atoms with van der Waals surface area (Å²) in [6.45, 7) is 7.91. The van der Waals surface area contributed by atoms with Gasteiger partial charge in [0.05, 0.1) is 0 Å². The lowest BCUT2D eigenvalue weighted by Gasteiger charge is -2.15. The Morgan fingerprint density at radius 3 is 2.41 bits per heavy atom. The summed E-state index contributed by atoms with van der Waals surface area (Å²) < 4.78 is 0. The molecule has 0 saturated carbocycles. The van der Waals surface area contributed by atoms with Gasteiger partial charge in [0.2, 0.25) is 0 Å². The molecular weight excluding hydrogens is 206 g/mol. The van der Waals surface area contributed by atoms with Gasteiger partial charge in [-0.3, -0.25) is 0 Å². The highest BCUT2D eigenvalue weighted by Crippen LogP contribution is 2.12. The van der Waals surface area contributed by atoms with Crippen molar-refractivity contribution < 1.29 is 0 Å². The first-order valence-corrected chi connectivity index (χ1v) is 6.99. The Balaban J connectivity index is 2.11. The van der Waals surface area contributed by atoms with Crippen LogP contribution in [0.25, 0.3) is 0 Å². The molecular formula is C16H27N. The van der Waals surface area contributed by atoms with Crippen molar-refractivity contribution in [3.05, 3.63) is 35.9 Å². The molecule has 0 aliphatic rings. The molecule has 2 atom stereocenters. The first-order valence-electron chi connectivity index (χ1n) is 6.99. The van der Waals surface area contributed by atoms with Crippen molar-refractivity contribution in [1.82, 2.24) is 5.32 Å². The van der Waals surface area contributed by atoms with Crippen LogP contribution in [0, 0.1) is 5.92 Å². The fraction of sp³-hybridized carbons (Fsp3) is 0.625. The lowest BCUT2D eigenvalue weighted by atomic mass is 10.00. The average Bonchev–Trinajstić information content (AvgIpc) is 2.37. The summed E-state index contributed by atoms with van der Waals surface area (Å²) in [7, 11) is 0. The third-order valence-corrected chi connectivity index (χ3v) is 3.53. The summed E-state index contributed by atoms with van der Waals surface area (Å²) in [6, 6.07) is 11.3. The molecule has 0 saturated heterocycles. The van der Waals surface area contributed by atoms with Crippen LogP contribution in [0.1, 0.15) is 52.0 Å². The van der Waals surface area contributed by atoms with Crippen molar-refractivity contribution in [2.24, 2.45) is 5.92 Å². The molecule has 2 unspecified atom stereocenters. The SMILES string of the molecule is CCC(C)CCCC(C)NCc1ccccc1. The van der Waals surface area contributed by atoms with Gasteiger partial charge >= 0.3 is 0 Å². The fourth-order valence-electron chi connectivity index (χ4n) is 1.97. The summed E-state index contributed by atoms with van der Waals surface area (Å²) in [6.07, 6.45) is 5.31. The Morgan fingerprint density at radius 2 is 1.76 bits per heavy atom. The van der Waals surface area contributed by atoms with Gasteiger partial charge in [-0.25, -0.2) is 0 Å². The minimum absolute atomic E-state index is 0.624. The summed E-state index contributed by atoms with van der Waals surface area (Å²) in [4.78, 5) is 0. The van der Waals surface area contributed by atoms with Gasteiger partial charge in [0.1, 0.15) is 0 Å². The van der Waals surface area contributed by atoms with Crippen LogP contribution in [0.5, 0.6) is 0 Å². The van der Waals surface area contributed by atoms with Crippen LogP contribution in [-0.4, -0.2) is 6.04 Å². The number of benzene rings is 1. The van der Waals surface area contributed by atoms with Crippen LogP contribution in [0.2, 0.25) is 0 Å². The van der Waals surface area contributed by atoms with E-state index in [1.165, 1.54) is 31.2 Å². The van der Waals surface area contributed by atoms with E-state index < -0.39 is 0 Å². The van der Waals surface area contributed by atoms with Gasteiger partial charge in [0.25, 0.3) is 0 Å². The maximum absolute atomic E-state index is 3.59.